The van der Waals surface area contributed by atoms with Gasteiger partial charge in [-0.15, -0.1) is 0 Å². The van der Waals surface area contributed by atoms with Crippen LogP contribution >= 0.6 is 0 Å². The van der Waals surface area contributed by atoms with Gasteiger partial charge in [-0.2, -0.15) is 0 Å². The smallest absolute Gasteiger partial charge is 0.239 e. The molecular formula is C17H23N3O3. The molecule has 6 heteroatoms. The minimum Gasteiger partial charge on any atom is -0.368 e. The quantitative estimate of drug-likeness (QED) is 0.849. The molecule has 124 valence electrons. The fourth-order valence-corrected chi connectivity index (χ4v) is 3.01. The third kappa shape index (κ3) is 3.52. The molecular weight excluding hydrogens is 294 g/mol. The van der Waals surface area contributed by atoms with Crippen LogP contribution in [0, 0.1) is 0 Å². The van der Waals surface area contributed by atoms with E-state index in [0.717, 1.165) is 5.56 Å². The number of likely N-dealkylation sites (tertiary alicyclic amines) is 1. The van der Waals surface area contributed by atoms with Crippen molar-refractivity contribution in [3.05, 3.63) is 35.9 Å². The van der Waals surface area contributed by atoms with Gasteiger partial charge in [-0.05, 0) is 25.3 Å². The summed E-state index contributed by atoms with van der Waals surface area (Å²) in [7, 11) is 0. The largest absolute Gasteiger partial charge is 0.368 e. The second-order valence-electron chi connectivity index (χ2n) is 6.05. The molecule has 23 heavy (non-hydrogen) atoms. The number of nitrogens with two attached hydrogens (primary N) is 1. The average Bonchev–Trinajstić information content (AvgIpc) is 2.55. The lowest BCUT2D eigenvalue weighted by Gasteiger charge is -2.41. The molecule has 1 atom stereocenters. The van der Waals surface area contributed by atoms with Gasteiger partial charge in [0.05, 0.1) is 5.41 Å². The van der Waals surface area contributed by atoms with Gasteiger partial charge in [0.15, 0.2) is 0 Å². The van der Waals surface area contributed by atoms with Crippen LogP contribution in [0.2, 0.25) is 0 Å². The van der Waals surface area contributed by atoms with Crippen molar-refractivity contribution < 1.29 is 14.4 Å². The molecule has 3 N–H and O–H groups in total. The number of nitrogens with zero attached hydrogens (tertiary/aromatic N) is 1. The summed E-state index contributed by atoms with van der Waals surface area (Å²) in [5.74, 6) is -0.765. The number of hydrogen-bond acceptors (Lipinski definition) is 3. The monoisotopic (exact) mass is 317 g/mol. The standard InChI is InChI=1S/C17H23N3O3/c1-12(15(18)22)19-16(23)17(14-6-4-3-5-7-14)8-10-20(11-9-17)13(2)21/h3-7,12H,8-11H2,1-2H3,(H2,18,22)(H,19,23)/t12-/m0/s1. The summed E-state index contributed by atoms with van der Waals surface area (Å²) in [6.07, 6.45) is 1.04. The zero-order valence-corrected chi connectivity index (χ0v) is 13.5. The van der Waals surface area contributed by atoms with Gasteiger partial charge in [0.25, 0.3) is 0 Å². The first-order valence-electron chi connectivity index (χ1n) is 7.78. The molecule has 2 rings (SSSR count). The summed E-state index contributed by atoms with van der Waals surface area (Å²) in [6, 6.07) is 8.77. The highest BCUT2D eigenvalue weighted by Crippen LogP contribution is 2.36. The first kappa shape index (κ1) is 17.0. The van der Waals surface area contributed by atoms with Crippen molar-refractivity contribution in [2.24, 2.45) is 5.73 Å². The molecule has 0 spiro atoms. The Balaban J connectivity index is 2.28. The summed E-state index contributed by atoms with van der Waals surface area (Å²) in [6.45, 7) is 4.14. The van der Waals surface area contributed by atoms with Crippen molar-refractivity contribution in [3.63, 3.8) is 0 Å². The summed E-state index contributed by atoms with van der Waals surface area (Å²) in [5.41, 5.74) is 5.41. The maximum absolute atomic E-state index is 12.9. The van der Waals surface area contributed by atoms with Gasteiger partial charge in [-0.1, -0.05) is 30.3 Å². The van der Waals surface area contributed by atoms with E-state index in [0.29, 0.717) is 25.9 Å². The minimum atomic E-state index is -0.739. The first-order chi connectivity index (χ1) is 10.9. The average molecular weight is 317 g/mol. The van der Waals surface area contributed by atoms with E-state index in [1.807, 2.05) is 30.3 Å². The number of rotatable bonds is 4. The van der Waals surface area contributed by atoms with Gasteiger partial charge < -0.3 is 16.0 Å². The Kier molecular flexibility index (Phi) is 5.03. The Morgan fingerprint density at radius 3 is 2.22 bits per heavy atom. The molecule has 0 radical (unpaired) electrons. The third-order valence-corrected chi connectivity index (χ3v) is 4.60. The molecule has 0 aromatic heterocycles. The van der Waals surface area contributed by atoms with Crippen molar-refractivity contribution in [2.45, 2.75) is 38.1 Å². The second kappa shape index (κ2) is 6.81. The number of carbonyl (C=O) groups excluding carboxylic acids is 3. The minimum absolute atomic E-state index is 0.0116. The predicted octanol–water partition coefficient (Wildman–Crippen LogP) is 0.557. The predicted molar refractivity (Wildman–Crippen MR) is 86.4 cm³/mol. The lowest BCUT2D eigenvalue weighted by Crippen LogP contribution is -2.55. The Morgan fingerprint density at radius 1 is 1.17 bits per heavy atom. The number of amides is 3. The summed E-state index contributed by atoms with van der Waals surface area (Å²) in [5, 5.41) is 2.72. The molecule has 1 aromatic carbocycles. The number of primary amides is 1. The zero-order valence-electron chi connectivity index (χ0n) is 13.5. The molecule has 1 heterocycles. The number of hydrogen-bond donors (Lipinski definition) is 2. The fourth-order valence-electron chi connectivity index (χ4n) is 3.01. The van der Waals surface area contributed by atoms with Gasteiger partial charge in [0.1, 0.15) is 6.04 Å². The summed E-state index contributed by atoms with van der Waals surface area (Å²) >= 11 is 0. The van der Waals surface area contributed by atoms with Crippen molar-refractivity contribution in [1.29, 1.82) is 0 Å². The van der Waals surface area contributed by atoms with Gasteiger partial charge in [0.2, 0.25) is 17.7 Å². The Morgan fingerprint density at radius 2 is 1.74 bits per heavy atom. The van der Waals surface area contributed by atoms with E-state index in [2.05, 4.69) is 5.32 Å². The normalized spacial score (nSPS) is 18.1. The van der Waals surface area contributed by atoms with E-state index < -0.39 is 17.4 Å². The number of nitrogens with one attached hydrogen (secondary N) is 1. The van der Waals surface area contributed by atoms with Crippen LogP contribution in [-0.4, -0.2) is 41.8 Å². The van der Waals surface area contributed by atoms with Crippen molar-refractivity contribution in [1.82, 2.24) is 10.2 Å². The molecule has 1 aliphatic heterocycles. The van der Waals surface area contributed by atoms with Crippen LogP contribution < -0.4 is 11.1 Å². The summed E-state index contributed by atoms with van der Waals surface area (Å²) < 4.78 is 0. The van der Waals surface area contributed by atoms with Crippen LogP contribution in [0.4, 0.5) is 0 Å². The van der Waals surface area contributed by atoms with E-state index in [9.17, 15) is 14.4 Å². The highest BCUT2D eigenvalue weighted by molar-refractivity contribution is 5.92. The van der Waals surface area contributed by atoms with Crippen LogP contribution in [0.1, 0.15) is 32.3 Å². The van der Waals surface area contributed by atoms with Crippen molar-refractivity contribution in [3.8, 4) is 0 Å². The number of piperidine rings is 1. The molecule has 0 aliphatic carbocycles. The molecule has 0 bridgehead atoms. The van der Waals surface area contributed by atoms with Crippen LogP contribution in [-0.2, 0) is 19.8 Å². The van der Waals surface area contributed by atoms with Gasteiger partial charge in [-0.3, -0.25) is 14.4 Å². The third-order valence-electron chi connectivity index (χ3n) is 4.60. The molecule has 1 saturated heterocycles. The first-order valence-corrected chi connectivity index (χ1v) is 7.78. The number of carbonyl (C=O) groups is 3. The van der Waals surface area contributed by atoms with Crippen molar-refractivity contribution >= 4 is 17.7 Å². The van der Waals surface area contributed by atoms with Crippen LogP contribution in [0.3, 0.4) is 0 Å². The molecule has 6 nitrogen and oxygen atoms in total. The number of benzene rings is 1. The maximum atomic E-state index is 12.9. The van der Waals surface area contributed by atoms with E-state index in [1.165, 1.54) is 6.92 Å². The van der Waals surface area contributed by atoms with E-state index in [4.69, 9.17) is 5.73 Å². The van der Waals surface area contributed by atoms with Crippen LogP contribution in [0.25, 0.3) is 0 Å². The molecule has 1 aliphatic rings. The molecule has 1 aromatic rings. The topological polar surface area (TPSA) is 92.5 Å². The SMILES string of the molecule is CC(=O)N1CCC(C(=O)N[C@@H](C)C(N)=O)(c2ccccc2)CC1. The molecule has 0 saturated carbocycles. The van der Waals surface area contributed by atoms with Gasteiger partial charge in [0, 0.05) is 20.0 Å². The zero-order chi connectivity index (χ0) is 17.0. The maximum Gasteiger partial charge on any atom is 0.239 e. The Hall–Kier alpha value is -2.37. The second-order valence-corrected chi connectivity index (χ2v) is 6.05. The Bertz CT molecular complexity index is 592. The fraction of sp³-hybridized carbons (Fsp3) is 0.471. The van der Waals surface area contributed by atoms with E-state index >= 15 is 0 Å². The lowest BCUT2D eigenvalue weighted by atomic mass is 9.71. The molecule has 3 amide bonds. The lowest BCUT2D eigenvalue weighted by molar-refractivity contribution is -0.136. The van der Waals surface area contributed by atoms with Crippen LogP contribution in [0.5, 0.6) is 0 Å². The van der Waals surface area contributed by atoms with E-state index in [-0.39, 0.29) is 11.8 Å². The van der Waals surface area contributed by atoms with Gasteiger partial charge in [-0.25, -0.2) is 0 Å². The highest BCUT2D eigenvalue weighted by Gasteiger charge is 2.43. The molecule has 1 fully saturated rings. The Labute approximate surface area is 136 Å². The van der Waals surface area contributed by atoms with Crippen molar-refractivity contribution in [2.75, 3.05) is 13.1 Å². The van der Waals surface area contributed by atoms with E-state index in [1.54, 1.807) is 11.8 Å². The molecule has 0 unspecified atom stereocenters. The summed E-state index contributed by atoms with van der Waals surface area (Å²) in [4.78, 5) is 37.4. The highest BCUT2D eigenvalue weighted by atomic mass is 16.2. The van der Waals surface area contributed by atoms with Crippen LogP contribution in [0.15, 0.2) is 30.3 Å². The van der Waals surface area contributed by atoms with Gasteiger partial charge >= 0.3 is 0 Å².